The molecular formula is C15H24N4O2. The second-order valence-electron chi connectivity index (χ2n) is 6.03. The van der Waals surface area contributed by atoms with E-state index >= 15 is 0 Å². The van der Waals surface area contributed by atoms with Gasteiger partial charge in [0.05, 0.1) is 24.9 Å². The Balaban J connectivity index is 1.41. The first kappa shape index (κ1) is 14.5. The van der Waals surface area contributed by atoms with Crippen molar-refractivity contribution < 1.29 is 9.53 Å². The van der Waals surface area contributed by atoms with Crippen LogP contribution >= 0.6 is 0 Å². The molecule has 0 spiro atoms. The standard InChI is InChI=1S/C15H24N4O2/c1-12-9-13(2)19(16-12)14-10-17(11-14)4-3-15(20)18-5-7-21-8-6-18/h9,14H,3-8,10-11H2,1-2H3. The minimum Gasteiger partial charge on any atom is -0.378 e. The zero-order chi connectivity index (χ0) is 14.8. The Bertz CT molecular complexity index is 502. The first-order valence-corrected chi connectivity index (χ1v) is 7.74. The lowest BCUT2D eigenvalue weighted by Crippen LogP contribution is -2.50. The molecule has 1 aromatic rings. The molecule has 0 saturated carbocycles. The molecule has 0 N–H and O–H groups in total. The molecule has 2 aliphatic heterocycles. The molecule has 2 saturated heterocycles. The Morgan fingerprint density at radius 2 is 2.05 bits per heavy atom. The number of rotatable bonds is 4. The molecule has 0 radical (unpaired) electrons. The van der Waals surface area contributed by atoms with Crippen molar-refractivity contribution in [2.45, 2.75) is 26.3 Å². The smallest absolute Gasteiger partial charge is 0.224 e. The normalized spacial score (nSPS) is 20.6. The fraction of sp³-hybridized carbons (Fsp3) is 0.733. The first-order chi connectivity index (χ1) is 10.1. The van der Waals surface area contributed by atoms with Gasteiger partial charge in [-0.05, 0) is 19.9 Å². The predicted octanol–water partition coefficient (Wildman–Crippen LogP) is 0.606. The fourth-order valence-corrected chi connectivity index (χ4v) is 3.12. The molecule has 3 heterocycles. The lowest BCUT2D eigenvalue weighted by Gasteiger charge is -2.40. The number of morpholine rings is 1. The summed E-state index contributed by atoms with van der Waals surface area (Å²) in [5.74, 6) is 0.257. The molecule has 0 atom stereocenters. The van der Waals surface area contributed by atoms with Crippen LogP contribution in [0.3, 0.4) is 0 Å². The minimum absolute atomic E-state index is 0.257. The molecule has 116 valence electrons. The van der Waals surface area contributed by atoms with Crippen LogP contribution in [0, 0.1) is 13.8 Å². The molecule has 0 bridgehead atoms. The molecule has 21 heavy (non-hydrogen) atoms. The van der Waals surface area contributed by atoms with Gasteiger partial charge in [0, 0.05) is 44.8 Å². The number of hydrogen-bond donors (Lipinski definition) is 0. The Morgan fingerprint density at radius 1 is 1.33 bits per heavy atom. The van der Waals surface area contributed by atoms with Crippen molar-refractivity contribution >= 4 is 5.91 Å². The van der Waals surface area contributed by atoms with Gasteiger partial charge in [0.15, 0.2) is 0 Å². The number of likely N-dealkylation sites (tertiary alicyclic amines) is 1. The van der Waals surface area contributed by atoms with Crippen LogP contribution in [0.25, 0.3) is 0 Å². The van der Waals surface area contributed by atoms with E-state index in [1.54, 1.807) is 0 Å². The van der Waals surface area contributed by atoms with Crippen molar-refractivity contribution in [2.24, 2.45) is 0 Å². The summed E-state index contributed by atoms with van der Waals surface area (Å²) in [5.41, 5.74) is 2.30. The number of ether oxygens (including phenoxy) is 1. The number of carbonyl (C=O) groups excluding carboxylic acids is 1. The summed E-state index contributed by atoms with van der Waals surface area (Å²) in [6, 6.07) is 2.59. The van der Waals surface area contributed by atoms with Crippen LogP contribution in [0.2, 0.25) is 0 Å². The number of hydrogen-bond acceptors (Lipinski definition) is 4. The summed E-state index contributed by atoms with van der Waals surface area (Å²) in [7, 11) is 0. The Hall–Kier alpha value is -1.40. The lowest BCUT2D eigenvalue weighted by atomic mass is 10.1. The van der Waals surface area contributed by atoms with Crippen LogP contribution in [0.1, 0.15) is 23.9 Å². The molecule has 0 unspecified atom stereocenters. The quantitative estimate of drug-likeness (QED) is 0.816. The Kier molecular flexibility index (Phi) is 4.26. The third-order valence-corrected chi connectivity index (χ3v) is 4.33. The van der Waals surface area contributed by atoms with Crippen molar-refractivity contribution in [2.75, 3.05) is 45.9 Å². The van der Waals surface area contributed by atoms with Crippen molar-refractivity contribution in [3.63, 3.8) is 0 Å². The first-order valence-electron chi connectivity index (χ1n) is 7.74. The zero-order valence-corrected chi connectivity index (χ0v) is 12.9. The van der Waals surface area contributed by atoms with Crippen molar-refractivity contribution in [3.05, 3.63) is 17.5 Å². The van der Waals surface area contributed by atoms with Gasteiger partial charge in [0.25, 0.3) is 0 Å². The molecule has 0 aromatic carbocycles. The van der Waals surface area contributed by atoms with Crippen LogP contribution < -0.4 is 0 Å². The van der Waals surface area contributed by atoms with E-state index in [0.29, 0.717) is 25.7 Å². The molecule has 6 nitrogen and oxygen atoms in total. The maximum atomic E-state index is 12.1. The second kappa shape index (κ2) is 6.15. The van der Waals surface area contributed by atoms with Gasteiger partial charge in [-0.3, -0.25) is 14.4 Å². The molecule has 6 heteroatoms. The maximum Gasteiger partial charge on any atom is 0.224 e. The fourth-order valence-electron chi connectivity index (χ4n) is 3.12. The largest absolute Gasteiger partial charge is 0.378 e. The molecule has 1 aromatic heterocycles. The van der Waals surface area contributed by atoms with Gasteiger partial charge in [-0.15, -0.1) is 0 Å². The van der Waals surface area contributed by atoms with E-state index in [4.69, 9.17) is 4.74 Å². The molecule has 2 aliphatic rings. The van der Waals surface area contributed by atoms with Crippen molar-refractivity contribution in [1.82, 2.24) is 19.6 Å². The third-order valence-electron chi connectivity index (χ3n) is 4.33. The Labute approximate surface area is 125 Å². The van der Waals surface area contributed by atoms with Crippen LogP contribution in [0.15, 0.2) is 6.07 Å². The average Bonchev–Trinajstić information content (AvgIpc) is 2.76. The summed E-state index contributed by atoms with van der Waals surface area (Å²) in [4.78, 5) is 16.3. The highest BCUT2D eigenvalue weighted by Gasteiger charge is 2.30. The van der Waals surface area contributed by atoms with E-state index in [1.807, 2.05) is 11.8 Å². The Morgan fingerprint density at radius 3 is 2.67 bits per heavy atom. The number of aromatic nitrogens is 2. The number of amides is 1. The highest BCUT2D eigenvalue weighted by molar-refractivity contribution is 5.76. The molecule has 3 rings (SSSR count). The van der Waals surface area contributed by atoms with Crippen molar-refractivity contribution in [1.29, 1.82) is 0 Å². The summed E-state index contributed by atoms with van der Waals surface area (Å²) in [6.07, 6.45) is 0.615. The van der Waals surface area contributed by atoms with E-state index in [0.717, 1.165) is 38.4 Å². The number of aryl methyl sites for hydroxylation is 2. The van der Waals surface area contributed by atoms with E-state index in [-0.39, 0.29) is 5.91 Å². The van der Waals surface area contributed by atoms with Gasteiger partial charge in [-0.1, -0.05) is 0 Å². The molecular weight excluding hydrogens is 268 g/mol. The highest BCUT2D eigenvalue weighted by Crippen LogP contribution is 2.22. The minimum atomic E-state index is 0.257. The van der Waals surface area contributed by atoms with Crippen LogP contribution in [-0.2, 0) is 9.53 Å². The predicted molar refractivity (Wildman–Crippen MR) is 79.2 cm³/mol. The summed E-state index contributed by atoms with van der Waals surface area (Å²) >= 11 is 0. The van der Waals surface area contributed by atoms with E-state index < -0.39 is 0 Å². The third kappa shape index (κ3) is 3.27. The van der Waals surface area contributed by atoms with E-state index in [9.17, 15) is 4.79 Å². The summed E-state index contributed by atoms with van der Waals surface area (Å²) < 4.78 is 7.39. The topological polar surface area (TPSA) is 50.6 Å². The number of nitrogens with zero attached hydrogens (tertiary/aromatic N) is 4. The summed E-state index contributed by atoms with van der Waals surface area (Å²) in [6.45, 7) is 9.82. The second-order valence-corrected chi connectivity index (χ2v) is 6.03. The molecule has 2 fully saturated rings. The van der Waals surface area contributed by atoms with Gasteiger partial charge >= 0.3 is 0 Å². The molecule has 0 aliphatic carbocycles. The summed E-state index contributed by atoms with van der Waals surface area (Å²) in [5, 5.41) is 4.54. The maximum absolute atomic E-state index is 12.1. The van der Waals surface area contributed by atoms with Crippen molar-refractivity contribution in [3.8, 4) is 0 Å². The lowest BCUT2D eigenvalue weighted by molar-refractivity contribution is -0.135. The van der Waals surface area contributed by atoms with Gasteiger partial charge in [-0.2, -0.15) is 5.10 Å². The van der Waals surface area contributed by atoms with E-state index in [1.165, 1.54) is 5.69 Å². The van der Waals surface area contributed by atoms with Gasteiger partial charge in [0.1, 0.15) is 0 Å². The van der Waals surface area contributed by atoms with Crippen LogP contribution in [-0.4, -0.2) is 71.4 Å². The van der Waals surface area contributed by atoms with Gasteiger partial charge in [0.2, 0.25) is 5.91 Å². The SMILES string of the molecule is Cc1cc(C)n(C2CN(CCC(=O)N3CCOCC3)C2)n1. The zero-order valence-electron chi connectivity index (χ0n) is 12.9. The van der Waals surface area contributed by atoms with Gasteiger partial charge < -0.3 is 9.64 Å². The van der Waals surface area contributed by atoms with Crippen LogP contribution in [0.5, 0.6) is 0 Å². The molecule has 1 amide bonds. The van der Waals surface area contributed by atoms with Gasteiger partial charge in [-0.25, -0.2) is 0 Å². The number of carbonyl (C=O) groups is 1. The highest BCUT2D eigenvalue weighted by atomic mass is 16.5. The van der Waals surface area contributed by atoms with E-state index in [2.05, 4.69) is 27.7 Å². The average molecular weight is 292 g/mol. The monoisotopic (exact) mass is 292 g/mol. The van der Waals surface area contributed by atoms with Crippen LogP contribution in [0.4, 0.5) is 0 Å².